The second-order valence-corrected chi connectivity index (χ2v) is 8.40. The van der Waals surface area contributed by atoms with Crippen LogP contribution in [0, 0.1) is 0 Å². The van der Waals surface area contributed by atoms with Crippen molar-refractivity contribution in [1.29, 1.82) is 0 Å². The van der Waals surface area contributed by atoms with Crippen molar-refractivity contribution in [3.63, 3.8) is 0 Å². The van der Waals surface area contributed by atoms with Gasteiger partial charge in [0.1, 0.15) is 18.4 Å². The lowest BCUT2D eigenvalue weighted by Gasteiger charge is -2.47. The summed E-state index contributed by atoms with van der Waals surface area (Å²) in [7, 11) is 0. The van der Waals surface area contributed by atoms with Gasteiger partial charge in [-0.1, -0.05) is 60.8 Å². The van der Waals surface area contributed by atoms with Gasteiger partial charge >= 0.3 is 5.97 Å². The van der Waals surface area contributed by atoms with E-state index in [4.69, 9.17) is 27.9 Å². The number of morpholine rings is 1. The van der Waals surface area contributed by atoms with Gasteiger partial charge in [0.05, 0.1) is 12.5 Å². The maximum absolute atomic E-state index is 13.5. The van der Waals surface area contributed by atoms with Gasteiger partial charge in [0, 0.05) is 10.0 Å². The first kappa shape index (κ1) is 24.0. The van der Waals surface area contributed by atoms with E-state index < -0.39 is 42.7 Å². The van der Waals surface area contributed by atoms with Gasteiger partial charge in [-0.3, -0.25) is 14.4 Å². The van der Waals surface area contributed by atoms with Crippen LogP contribution in [-0.2, 0) is 19.1 Å². The minimum atomic E-state index is -1.21. The summed E-state index contributed by atoms with van der Waals surface area (Å²) in [6.07, 6.45) is -1.36. The van der Waals surface area contributed by atoms with Crippen LogP contribution >= 0.6 is 23.2 Å². The van der Waals surface area contributed by atoms with E-state index in [0.717, 1.165) is 5.56 Å². The van der Waals surface area contributed by atoms with Crippen molar-refractivity contribution in [3.8, 4) is 0 Å². The number of ether oxygens (including phenoxy) is 1. The molecule has 3 rings (SSSR count). The van der Waals surface area contributed by atoms with Crippen LogP contribution in [0.3, 0.4) is 0 Å². The van der Waals surface area contributed by atoms with Gasteiger partial charge in [0.15, 0.2) is 0 Å². The molecule has 1 heterocycles. The van der Waals surface area contributed by atoms with E-state index in [9.17, 15) is 19.5 Å². The Hall–Kier alpha value is -2.61. The van der Waals surface area contributed by atoms with E-state index >= 15 is 0 Å². The highest BCUT2D eigenvalue weighted by Crippen LogP contribution is 2.44. The van der Waals surface area contributed by atoms with Crippen LogP contribution in [0.1, 0.15) is 49.5 Å². The zero-order chi connectivity index (χ0) is 23.3. The van der Waals surface area contributed by atoms with Crippen LogP contribution in [0.2, 0.25) is 10.0 Å². The Balaban J connectivity index is 2.18. The monoisotopic (exact) mass is 478 g/mol. The van der Waals surface area contributed by atoms with Crippen molar-refractivity contribution in [2.75, 3.05) is 0 Å². The number of benzene rings is 2. The van der Waals surface area contributed by atoms with Crippen LogP contribution in [0.4, 0.5) is 0 Å². The van der Waals surface area contributed by atoms with Gasteiger partial charge in [-0.05, 0) is 41.8 Å². The molecule has 0 saturated carbocycles. The average molecular weight is 479 g/mol. The number of halogens is 2. The lowest BCUT2D eigenvalue weighted by atomic mass is 9.90. The molecule has 2 aromatic carbocycles. The number of carbonyl (C=O) groups excluding carboxylic acids is 2. The number of hydrogen-bond acceptors (Lipinski definition) is 4. The zero-order valence-corrected chi connectivity index (χ0v) is 18.9. The molecule has 0 aliphatic carbocycles. The molecular formula is C23H24Cl2N2O5. The fourth-order valence-electron chi connectivity index (χ4n) is 3.99. The zero-order valence-electron chi connectivity index (χ0n) is 17.4. The van der Waals surface area contributed by atoms with Crippen LogP contribution in [-0.4, -0.2) is 40.6 Å². The van der Waals surface area contributed by atoms with E-state index in [1.54, 1.807) is 42.5 Å². The second kappa shape index (κ2) is 10.8. The molecule has 1 fully saturated rings. The van der Waals surface area contributed by atoms with Gasteiger partial charge in [0.25, 0.3) is 5.91 Å². The van der Waals surface area contributed by atoms with Gasteiger partial charge < -0.3 is 20.1 Å². The minimum Gasteiger partial charge on any atom is -0.481 e. The summed E-state index contributed by atoms with van der Waals surface area (Å²) in [6.45, 7) is 1.94. The number of carbonyl (C=O) groups is 3. The average Bonchev–Trinajstić information content (AvgIpc) is 2.75. The second-order valence-electron chi connectivity index (χ2n) is 7.53. The van der Waals surface area contributed by atoms with Crippen LogP contribution in [0.25, 0.3) is 0 Å². The third-order valence-corrected chi connectivity index (χ3v) is 5.82. The molecule has 1 aliphatic heterocycles. The highest BCUT2D eigenvalue weighted by Gasteiger charge is 2.47. The lowest BCUT2D eigenvalue weighted by molar-refractivity contribution is -0.185. The molecule has 4 atom stereocenters. The SMILES string of the molecule is CCC[C@@H](NC=O)N1C(=O)[C@H](CC(=O)O)O[C@@H](c2cccc(Cl)c2)[C@H]1c1ccc(Cl)cc1. The third kappa shape index (κ3) is 5.41. The van der Waals surface area contributed by atoms with Crippen molar-refractivity contribution < 1.29 is 24.2 Å². The normalized spacial score (nSPS) is 21.8. The lowest BCUT2D eigenvalue weighted by Crippen LogP contribution is -2.58. The molecular weight excluding hydrogens is 455 g/mol. The predicted octanol–water partition coefficient (Wildman–Crippen LogP) is 4.35. The van der Waals surface area contributed by atoms with Crippen LogP contribution < -0.4 is 5.32 Å². The highest BCUT2D eigenvalue weighted by atomic mass is 35.5. The minimum absolute atomic E-state index is 0.482. The summed E-state index contributed by atoms with van der Waals surface area (Å²) in [5.74, 6) is -1.66. The van der Waals surface area contributed by atoms with E-state index in [1.165, 1.54) is 4.90 Å². The Morgan fingerprint density at radius 3 is 2.50 bits per heavy atom. The molecule has 32 heavy (non-hydrogen) atoms. The van der Waals surface area contributed by atoms with Crippen molar-refractivity contribution >= 4 is 41.5 Å². The number of rotatable bonds is 9. The van der Waals surface area contributed by atoms with E-state index in [1.807, 2.05) is 13.0 Å². The Bertz CT molecular complexity index is 969. The first-order chi connectivity index (χ1) is 15.3. The number of hydrogen-bond donors (Lipinski definition) is 2. The Morgan fingerprint density at radius 2 is 1.91 bits per heavy atom. The van der Waals surface area contributed by atoms with Gasteiger partial charge in [-0.2, -0.15) is 0 Å². The van der Waals surface area contributed by atoms with Gasteiger partial charge in [-0.15, -0.1) is 0 Å². The molecule has 9 heteroatoms. The number of amides is 2. The Kier molecular flexibility index (Phi) is 8.12. The molecule has 7 nitrogen and oxygen atoms in total. The number of nitrogens with zero attached hydrogens (tertiary/aromatic N) is 1. The molecule has 0 radical (unpaired) electrons. The van der Waals surface area contributed by atoms with Gasteiger partial charge in [-0.25, -0.2) is 0 Å². The molecule has 1 saturated heterocycles. The first-order valence-corrected chi connectivity index (χ1v) is 11.0. The van der Waals surface area contributed by atoms with Crippen molar-refractivity contribution in [3.05, 3.63) is 69.7 Å². The number of carboxylic acid groups (broad SMARTS) is 1. The number of carboxylic acids is 1. The number of aliphatic carboxylic acids is 1. The first-order valence-electron chi connectivity index (χ1n) is 10.3. The maximum atomic E-state index is 13.5. The Morgan fingerprint density at radius 1 is 1.19 bits per heavy atom. The summed E-state index contributed by atoms with van der Waals surface area (Å²) in [6, 6.07) is 13.4. The quantitative estimate of drug-likeness (QED) is 0.522. The summed E-state index contributed by atoms with van der Waals surface area (Å²) in [5, 5.41) is 13.1. The van der Waals surface area contributed by atoms with E-state index in [0.29, 0.717) is 34.9 Å². The summed E-state index contributed by atoms with van der Waals surface area (Å²) >= 11 is 12.3. The Labute approximate surface area is 196 Å². The smallest absolute Gasteiger partial charge is 0.306 e. The molecule has 0 bridgehead atoms. The third-order valence-electron chi connectivity index (χ3n) is 5.33. The highest BCUT2D eigenvalue weighted by molar-refractivity contribution is 6.30. The summed E-state index contributed by atoms with van der Waals surface area (Å²) in [4.78, 5) is 37.9. The summed E-state index contributed by atoms with van der Waals surface area (Å²) < 4.78 is 6.10. The molecule has 0 aromatic heterocycles. The molecule has 170 valence electrons. The summed E-state index contributed by atoms with van der Waals surface area (Å²) in [5.41, 5.74) is 1.42. The topological polar surface area (TPSA) is 95.9 Å². The molecule has 2 N–H and O–H groups in total. The molecule has 0 unspecified atom stereocenters. The molecule has 2 amide bonds. The molecule has 2 aromatic rings. The molecule has 0 spiro atoms. The van der Waals surface area contributed by atoms with Crippen molar-refractivity contribution in [1.82, 2.24) is 10.2 Å². The van der Waals surface area contributed by atoms with Crippen LogP contribution in [0.5, 0.6) is 0 Å². The fraction of sp³-hybridized carbons (Fsp3) is 0.348. The number of nitrogens with one attached hydrogen (secondary N) is 1. The maximum Gasteiger partial charge on any atom is 0.306 e. The fourth-order valence-corrected chi connectivity index (χ4v) is 4.32. The van der Waals surface area contributed by atoms with E-state index in [2.05, 4.69) is 5.32 Å². The predicted molar refractivity (Wildman–Crippen MR) is 120 cm³/mol. The van der Waals surface area contributed by atoms with E-state index in [-0.39, 0.29) is 0 Å². The van der Waals surface area contributed by atoms with Gasteiger partial charge in [0.2, 0.25) is 6.41 Å². The van der Waals surface area contributed by atoms with Crippen LogP contribution in [0.15, 0.2) is 48.5 Å². The largest absolute Gasteiger partial charge is 0.481 e. The van der Waals surface area contributed by atoms with Crippen molar-refractivity contribution in [2.45, 2.75) is 50.6 Å². The molecule has 1 aliphatic rings. The standard InChI is InChI=1S/C23H24Cl2N2O5/c1-2-4-19(26-13-28)27-21(14-7-9-16(24)10-8-14)22(15-5-3-6-17(25)11-15)32-18(23(27)31)12-20(29)30/h3,5-11,13,18-19,21-22H,2,4,12H2,1H3,(H,26,28)(H,29,30)/t18-,19-,21+,22-/m0/s1. The van der Waals surface area contributed by atoms with Crippen molar-refractivity contribution in [2.24, 2.45) is 0 Å².